The van der Waals surface area contributed by atoms with Crippen molar-refractivity contribution in [3.8, 4) is 0 Å². The average Bonchev–Trinajstić information content (AvgIpc) is 2.10. The molecule has 1 aliphatic heterocycles. The van der Waals surface area contributed by atoms with Crippen LogP contribution in [-0.4, -0.2) is 18.9 Å². The number of carbonyl (C=O) groups is 1. The van der Waals surface area contributed by atoms with Crippen molar-refractivity contribution in [3.63, 3.8) is 0 Å². The van der Waals surface area contributed by atoms with Crippen LogP contribution in [0.25, 0.3) is 0 Å². The normalized spacial score (nSPS) is 29.2. The summed E-state index contributed by atoms with van der Waals surface area (Å²) in [7, 11) is 0. The standard InChI is InChI=1S/C7H13NO.ClH/c1-7(2)3-6(4-9)8-5-7;/h4,6,8H,3,5H2,1-2H3;1H. The fraction of sp³-hybridized carbons (Fsp3) is 0.857. The van der Waals surface area contributed by atoms with E-state index in [0.29, 0.717) is 5.41 Å². The van der Waals surface area contributed by atoms with Gasteiger partial charge in [0, 0.05) is 6.54 Å². The van der Waals surface area contributed by atoms with Crippen LogP contribution in [0.15, 0.2) is 0 Å². The number of hydrogen-bond donors (Lipinski definition) is 1. The maximum Gasteiger partial charge on any atom is 0.136 e. The summed E-state index contributed by atoms with van der Waals surface area (Å²) in [5.74, 6) is 0. The predicted molar refractivity (Wildman–Crippen MR) is 43.5 cm³/mol. The molecule has 1 atom stereocenters. The monoisotopic (exact) mass is 163 g/mol. The molecule has 1 aliphatic rings. The van der Waals surface area contributed by atoms with Crippen molar-refractivity contribution in [2.45, 2.75) is 26.3 Å². The van der Waals surface area contributed by atoms with Gasteiger partial charge in [-0.2, -0.15) is 0 Å². The molecule has 1 heterocycles. The lowest BCUT2D eigenvalue weighted by Gasteiger charge is -2.13. The van der Waals surface area contributed by atoms with Crippen LogP contribution < -0.4 is 5.32 Å². The molecule has 0 aromatic rings. The molecule has 0 radical (unpaired) electrons. The molecule has 3 heteroatoms. The SMILES string of the molecule is CC1(C)CNC(C=O)C1.Cl. The molecule has 0 aromatic heterocycles. The Hall–Kier alpha value is -0.0800. The molecule has 0 saturated carbocycles. The maximum absolute atomic E-state index is 10.2. The third kappa shape index (κ3) is 2.27. The number of hydrogen-bond acceptors (Lipinski definition) is 2. The second-order valence-electron chi connectivity index (χ2n) is 3.49. The highest BCUT2D eigenvalue weighted by Gasteiger charge is 2.29. The number of carbonyl (C=O) groups excluding carboxylic acids is 1. The second-order valence-corrected chi connectivity index (χ2v) is 3.49. The Labute approximate surface area is 67.8 Å². The van der Waals surface area contributed by atoms with Gasteiger partial charge >= 0.3 is 0 Å². The molecule has 0 bridgehead atoms. The van der Waals surface area contributed by atoms with E-state index in [0.717, 1.165) is 19.3 Å². The summed E-state index contributed by atoms with van der Waals surface area (Å²) >= 11 is 0. The Kier molecular flexibility index (Phi) is 3.33. The van der Waals surface area contributed by atoms with Gasteiger partial charge in [-0.3, -0.25) is 0 Å². The second kappa shape index (κ2) is 3.35. The minimum Gasteiger partial charge on any atom is -0.307 e. The summed E-state index contributed by atoms with van der Waals surface area (Å²) in [6.45, 7) is 5.31. The van der Waals surface area contributed by atoms with Gasteiger partial charge in [0.2, 0.25) is 0 Å². The van der Waals surface area contributed by atoms with Crippen LogP contribution >= 0.6 is 12.4 Å². The van der Waals surface area contributed by atoms with Gasteiger partial charge in [0.25, 0.3) is 0 Å². The van der Waals surface area contributed by atoms with Crippen LogP contribution in [0.2, 0.25) is 0 Å². The fourth-order valence-electron chi connectivity index (χ4n) is 1.24. The topological polar surface area (TPSA) is 29.1 Å². The third-order valence-corrected chi connectivity index (χ3v) is 1.78. The summed E-state index contributed by atoms with van der Waals surface area (Å²) in [4.78, 5) is 10.2. The molecule has 60 valence electrons. The molecule has 1 saturated heterocycles. The molecule has 2 nitrogen and oxygen atoms in total. The van der Waals surface area contributed by atoms with E-state index >= 15 is 0 Å². The zero-order valence-corrected chi connectivity index (χ0v) is 7.20. The first-order valence-corrected chi connectivity index (χ1v) is 3.33. The van der Waals surface area contributed by atoms with E-state index in [1.807, 2.05) is 0 Å². The van der Waals surface area contributed by atoms with Crippen molar-refractivity contribution in [2.24, 2.45) is 5.41 Å². The van der Waals surface area contributed by atoms with Crippen LogP contribution in [0.4, 0.5) is 0 Å². The van der Waals surface area contributed by atoms with Gasteiger partial charge < -0.3 is 10.1 Å². The molecule has 0 spiro atoms. The van der Waals surface area contributed by atoms with Crippen molar-refractivity contribution in [2.75, 3.05) is 6.54 Å². The first kappa shape index (κ1) is 9.92. The smallest absolute Gasteiger partial charge is 0.136 e. The van der Waals surface area contributed by atoms with Crippen LogP contribution in [0.1, 0.15) is 20.3 Å². The van der Waals surface area contributed by atoms with Crippen molar-refractivity contribution < 1.29 is 4.79 Å². The van der Waals surface area contributed by atoms with Crippen LogP contribution in [0.5, 0.6) is 0 Å². The number of nitrogens with one attached hydrogen (secondary N) is 1. The van der Waals surface area contributed by atoms with Crippen LogP contribution in [-0.2, 0) is 4.79 Å². The zero-order chi connectivity index (χ0) is 6.91. The van der Waals surface area contributed by atoms with E-state index in [4.69, 9.17) is 0 Å². The molecular weight excluding hydrogens is 150 g/mol. The van der Waals surface area contributed by atoms with E-state index in [1.165, 1.54) is 0 Å². The summed E-state index contributed by atoms with van der Waals surface area (Å²) in [6.07, 6.45) is 1.98. The number of rotatable bonds is 1. The summed E-state index contributed by atoms with van der Waals surface area (Å²) in [6, 6.07) is 0.111. The molecule has 1 rings (SSSR count). The van der Waals surface area contributed by atoms with Crippen LogP contribution in [0.3, 0.4) is 0 Å². The lowest BCUT2D eigenvalue weighted by molar-refractivity contribution is -0.109. The highest BCUT2D eigenvalue weighted by Crippen LogP contribution is 2.25. The van der Waals surface area contributed by atoms with Gasteiger partial charge in [0.15, 0.2) is 0 Å². The molecule has 0 aromatic carbocycles. The summed E-state index contributed by atoms with van der Waals surface area (Å²) in [5.41, 5.74) is 0.325. The van der Waals surface area contributed by atoms with Gasteiger partial charge in [0.1, 0.15) is 6.29 Å². The van der Waals surface area contributed by atoms with Crippen molar-refractivity contribution in [3.05, 3.63) is 0 Å². The maximum atomic E-state index is 10.2. The van der Waals surface area contributed by atoms with E-state index in [2.05, 4.69) is 19.2 Å². The fourth-order valence-corrected chi connectivity index (χ4v) is 1.24. The minimum absolute atomic E-state index is 0. The van der Waals surface area contributed by atoms with Crippen molar-refractivity contribution in [1.82, 2.24) is 5.32 Å². The summed E-state index contributed by atoms with van der Waals surface area (Å²) in [5, 5.41) is 3.13. The van der Waals surface area contributed by atoms with E-state index in [1.54, 1.807) is 0 Å². The molecule has 10 heavy (non-hydrogen) atoms. The lowest BCUT2D eigenvalue weighted by Crippen LogP contribution is -2.22. The van der Waals surface area contributed by atoms with E-state index in [9.17, 15) is 4.79 Å². The number of aldehydes is 1. The Morgan fingerprint density at radius 1 is 1.60 bits per heavy atom. The average molecular weight is 164 g/mol. The van der Waals surface area contributed by atoms with Crippen LogP contribution in [0, 0.1) is 5.41 Å². The van der Waals surface area contributed by atoms with E-state index in [-0.39, 0.29) is 18.4 Å². The van der Waals surface area contributed by atoms with E-state index < -0.39 is 0 Å². The first-order valence-electron chi connectivity index (χ1n) is 3.33. The quantitative estimate of drug-likeness (QED) is 0.585. The van der Waals surface area contributed by atoms with Gasteiger partial charge in [-0.05, 0) is 11.8 Å². The highest BCUT2D eigenvalue weighted by molar-refractivity contribution is 5.85. The molecule has 1 unspecified atom stereocenters. The minimum atomic E-state index is 0. The van der Waals surface area contributed by atoms with Crippen molar-refractivity contribution in [1.29, 1.82) is 0 Å². The number of halogens is 1. The van der Waals surface area contributed by atoms with Gasteiger partial charge in [-0.1, -0.05) is 13.8 Å². The van der Waals surface area contributed by atoms with Gasteiger partial charge in [-0.25, -0.2) is 0 Å². The zero-order valence-electron chi connectivity index (χ0n) is 6.39. The highest BCUT2D eigenvalue weighted by atomic mass is 35.5. The van der Waals surface area contributed by atoms with Gasteiger partial charge in [-0.15, -0.1) is 12.4 Å². The molecule has 1 fully saturated rings. The van der Waals surface area contributed by atoms with Crippen molar-refractivity contribution >= 4 is 18.7 Å². The Morgan fingerprint density at radius 3 is 2.40 bits per heavy atom. The first-order chi connectivity index (χ1) is 4.14. The Bertz CT molecular complexity index is 125. The molecule has 0 amide bonds. The predicted octanol–water partition coefficient (Wildman–Crippen LogP) is 0.995. The molecule has 0 aliphatic carbocycles. The molecule has 1 N–H and O–H groups in total. The summed E-state index contributed by atoms with van der Waals surface area (Å²) < 4.78 is 0. The Morgan fingerprint density at radius 2 is 2.20 bits per heavy atom. The Balaban J connectivity index is 0.000000810. The van der Waals surface area contributed by atoms with Gasteiger partial charge in [0.05, 0.1) is 6.04 Å². The molecular formula is C7H14ClNO. The third-order valence-electron chi connectivity index (χ3n) is 1.78. The largest absolute Gasteiger partial charge is 0.307 e. The lowest BCUT2D eigenvalue weighted by atomic mass is 9.91.